The molecule has 0 bridgehead atoms. The van der Waals surface area contributed by atoms with Crippen molar-refractivity contribution in [2.24, 2.45) is 22.9 Å². The van der Waals surface area contributed by atoms with Gasteiger partial charge in [0.15, 0.2) is 4.87 Å². The van der Waals surface area contributed by atoms with Gasteiger partial charge in [0, 0.05) is 35.2 Å². The number of hydrogen-bond donors (Lipinski definition) is 1. The van der Waals surface area contributed by atoms with Gasteiger partial charge in [-0.15, -0.1) is 23.2 Å². The van der Waals surface area contributed by atoms with Crippen molar-refractivity contribution in [3.8, 4) is 0 Å². The Morgan fingerprint density at radius 2 is 1.79 bits per heavy atom. The van der Waals surface area contributed by atoms with Crippen molar-refractivity contribution in [2.75, 3.05) is 6.54 Å². The first-order chi connectivity index (χ1) is 14.1. The molecule has 0 radical (unpaired) electrons. The van der Waals surface area contributed by atoms with Crippen LogP contribution in [-0.4, -0.2) is 44.1 Å². The fourth-order valence-corrected chi connectivity index (χ4v) is 8.60. The van der Waals surface area contributed by atoms with Crippen LogP contribution in [-0.2, 0) is 4.79 Å². The average Bonchev–Trinajstić information content (AvgIpc) is 3.28. The lowest BCUT2D eigenvalue weighted by Crippen LogP contribution is -2.49. The van der Waals surface area contributed by atoms with Crippen LogP contribution in [0.1, 0.15) is 77.0 Å². The van der Waals surface area contributed by atoms with E-state index in [1.807, 2.05) is 0 Å². The third kappa shape index (κ3) is 3.71. The van der Waals surface area contributed by atoms with Gasteiger partial charge < -0.3 is 4.90 Å². The van der Waals surface area contributed by atoms with Crippen molar-refractivity contribution in [1.29, 1.82) is 0 Å². The van der Waals surface area contributed by atoms with Crippen LogP contribution in [0.2, 0.25) is 0 Å². The zero-order chi connectivity index (χ0) is 20.0. The summed E-state index contributed by atoms with van der Waals surface area (Å²) in [5, 5.41) is 6.31. The van der Waals surface area contributed by atoms with Crippen LogP contribution in [0.15, 0.2) is 5.10 Å². The standard InChI is InChI=1S/C22H33Cl2N3OS/c23-16-10-11-19-17(12-16)22(26-25-20(29-22)14-6-2-1-3-7-14)21(28)27(19)13-15-8-4-5-9-18(15)24/h14-19,26H,1-13H2. The molecule has 0 aromatic heterocycles. The van der Waals surface area contributed by atoms with E-state index in [9.17, 15) is 4.79 Å². The van der Waals surface area contributed by atoms with Crippen LogP contribution < -0.4 is 5.43 Å². The molecule has 5 rings (SSSR count). The zero-order valence-corrected chi connectivity index (χ0v) is 19.5. The van der Waals surface area contributed by atoms with Crippen LogP contribution >= 0.6 is 35.0 Å². The van der Waals surface area contributed by atoms with Crippen molar-refractivity contribution in [1.82, 2.24) is 10.3 Å². The number of likely N-dealkylation sites (tertiary alicyclic amines) is 1. The van der Waals surface area contributed by atoms with E-state index in [1.165, 1.54) is 50.0 Å². The molecule has 6 atom stereocenters. The van der Waals surface area contributed by atoms with Crippen LogP contribution in [0.25, 0.3) is 0 Å². The maximum absolute atomic E-state index is 13.9. The zero-order valence-electron chi connectivity index (χ0n) is 17.1. The summed E-state index contributed by atoms with van der Waals surface area (Å²) in [6, 6.07) is 0.282. The molecule has 3 saturated carbocycles. The Balaban J connectivity index is 1.37. The summed E-state index contributed by atoms with van der Waals surface area (Å²) >= 11 is 15.0. The number of fused-ring (bicyclic) bond motifs is 2. The van der Waals surface area contributed by atoms with E-state index in [0.29, 0.717) is 11.8 Å². The quantitative estimate of drug-likeness (QED) is 0.582. The van der Waals surface area contributed by atoms with E-state index < -0.39 is 4.87 Å². The Morgan fingerprint density at radius 3 is 2.59 bits per heavy atom. The van der Waals surface area contributed by atoms with E-state index in [-0.39, 0.29) is 28.6 Å². The normalized spacial score (nSPS) is 43.4. The van der Waals surface area contributed by atoms with Crippen LogP contribution in [0.3, 0.4) is 0 Å². The molecule has 4 nitrogen and oxygen atoms in total. The van der Waals surface area contributed by atoms with Gasteiger partial charge >= 0.3 is 0 Å². The second-order valence-corrected chi connectivity index (χ2v) is 12.3. The van der Waals surface area contributed by atoms with E-state index >= 15 is 0 Å². The predicted molar refractivity (Wildman–Crippen MR) is 122 cm³/mol. The third-order valence-corrected chi connectivity index (χ3v) is 10.5. The van der Waals surface area contributed by atoms with Crippen molar-refractivity contribution in [3.63, 3.8) is 0 Å². The molecule has 5 aliphatic rings. The molecule has 29 heavy (non-hydrogen) atoms. The Bertz CT molecular complexity index is 670. The first kappa shape index (κ1) is 20.8. The monoisotopic (exact) mass is 457 g/mol. The first-order valence-electron chi connectivity index (χ1n) is 11.7. The molecule has 4 fully saturated rings. The summed E-state index contributed by atoms with van der Waals surface area (Å²) in [6.45, 7) is 0.809. The van der Waals surface area contributed by atoms with Gasteiger partial charge in [-0.2, -0.15) is 5.10 Å². The molecular formula is C22H33Cl2N3OS. The maximum Gasteiger partial charge on any atom is 0.261 e. The fourth-order valence-electron chi connectivity index (χ4n) is 6.40. The SMILES string of the molecule is O=C1N(CC2CCCCC2Cl)C2CCC(Cl)CC2C12NN=C(C1CCCCC1)S2. The maximum atomic E-state index is 13.9. The molecule has 7 heteroatoms. The van der Waals surface area contributed by atoms with Crippen molar-refractivity contribution >= 4 is 45.9 Å². The lowest BCUT2D eigenvalue weighted by molar-refractivity contribution is -0.132. The van der Waals surface area contributed by atoms with E-state index in [4.69, 9.17) is 28.3 Å². The molecule has 0 aromatic carbocycles. The van der Waals surface area contributed by atoms with E-state index in [1.54, 1.807) is 11.8 Å². The number of thioether (sulfide) groups is 1. The number of carbonyl (C=O) groups is 1. The summed E-state index contributed by atoms with van der Waals surface area (Å²) in [5.41, 5.74) is 3.40. The molecule has 0 aromatic rings. The van der Waals surface area contributed by atoms with Crippen LogP contribution in [0, 0.1) is 17.8 Å². The lowest BCUT2D eigenvalue weighted by Gasteiger charge is -2.37. The van der Waals surface area contributed by atoms with Gasteiger partial charge in [-0.25, -0.2) is 0 Å². The minimum atomic E-state index is -0.624. The van der Waals surface area contributed by atoms with Gasteiger partial charge in [-0.3, -0.25) is 10.2 Å². The average molecular weight is 458 g/mol. The van der Waals surface area contributed by atoms with Gasteiger partial charge in [0.2, 0.25) is 0 Å². The predicted octanol–water partition coefficient (Wildman–Crippen LogP) is 5.33. The number of nitrogens with one attached hydrogen (secondary N) is 1. The molecule has 1 saturated heterocycles. The summed E-state index contributed by atoms with van der Waals surface area (Å²) in [6.07, 6.45) is 13.9. The number of rotatable bonds is 3. The number of halogens is 2. The lowest BCUT2D eigenvalue weighted by atomic mass is 9.81. The smallest absolute Gasteiger partial charge is 0.261 e. The van der Waals surface area contributed by atoms with Crippen molar-refractivity contribution in [2.45, 2.75) is 98.7 Å². The fraction of sp³-hybridized carbons (Fsp3) is 0.909. The molecule has 162 valence electrons. The van der Waals surface area contributed by atoms with Gasteiger partial charge in [-0.05, 0) is 50.9 Å². The number of hydrogen-bond acceptors (Lipinski definition) is 4. The highest BCUT2D eigenvalue weighted by atomic mass is 35.5. The minimum Gasteiger partial charge on any atom is -0.336 e. The van der Waals surface area contributed by atoms with E-state index in [0.717, 1.165) is 38.6 Å². The number of nitrogens with zero attached hydrogens (tertiary/aromatic N) is 2. The highest BCUT2D eigenvalue weighted by Crippen LogP contribution is 2.53. The summed E-state index contributed by atoms with van der Waals surface area (Å²) in [7, 11) is 0. The summed E-state index contributed by atoms with van der Waals surface area (Å²) in [4.78, 5) is 15.5. The molecule has 2 aliphatic heterocycles. The number of amides is 1. The molecule has 1 spiro atoms. The molecule has 3 aliphatic carbocycles. The number of carbonyl (C=O) groups excluding carboxylic acids is 1. The van der Waals surface area contributed by atoms with Crippen LogP contribution in [0.5, 0.6) is 0 Å². The Hall–Kier alpha value is -0.130. The number of alkyl halides is 2. The van der Waals surface area contributed by atoms with Gasteiger partial charge in [-0.1, -0.05) is 43.9 Å². The second-order valence-electron chi connectivity index (χ2n) is 9.84. The van der Waals surface area contributed by atoms with Crippen molar-refractivity contribution in [3.05, 3.63) is 0 Å². The highest BCUT2D eigenvalue weighted by Gasteiger charge is 2.63. The second kappa shape index (κ2) is 8.43. The largest absolute Gasteiger partial charge is 0.336 e. The third-order valence-electron chi connectivity index (χ3n) is 8.05. The first-order valence-corrected chi connectivity index (χ1v) is 13.4. The van der Waals surface area contributed by atoms with Crippen LogP contribution in [0.4, 0.5) is 0 Å². The topological polar surface area (TPSA) is 44.7 Å². The van der Waals surface area contributed by atoms with Gasteiger partial charge in [0.05, 0.1) is 5.04 Å². The highest BCUT2D eigenvalue weighted by molar-refractivity contribution is 8.16. The Morgan fingerprint density at radius 1 is 1.03 bits per heavy atom. The minimum absolute atomic E-state index is 0.164. The van der Waals surface area contributed by atoms with Gasteiger partial charge in [0.25, 0.3) is 5.91 Å². The molecule has 2 heterocycles. The summed E-state index contributed by atoms with van der Waals surface area (Å²) in [5.74, 6) is 1.43. The molecule has 6 unspecified atom stereocenters. The summed E-state index contributed by atoms with van der Waals surface area (Å²) < 4.78 is 0. The Kier molecular flexibility index (Phi) is 6.03. The molecule has 1 N–H and O–H groups in total. The van der Waals surface area contributed by atoms with Crippen molar-refractivity contribution < 1.29 is 4.79 Å². The number of hydrazone groups is 1. The van der Waals surface area contributed by atoms with E-state index in [2.05, 4.69) is 10.3 Å². The Labute approximate surface area is 188 Å². The molecule has 1 amide bonds. The molecular weight excluding hydrogens is 425 g/mol. The van der Waals surface area contributed by atoms with Gasteiger partial charge in [0.1, 0.15) is 0 Å².